The number of hydrogen-bond acceptors (Lipinski definition) is 3. The van der Waals surface area contributed by atoms with Gasteiger partial charge in [0.2, 0.25) is 0 Å². The maximum absolute atomic E-state index is 12.2. The number of amides is 1. The van der Waals surface area contributed by atoms with Gasteiger partial charge in [0.05, 0.1) is 11.3 Å². The fourth-order valence-electron chi connectivity index (χ4n) is 1.77. The second-order valence-corrected chi connectivity index (χ2v) is 4.10. The largest absolute Gasteiger partial charge is 0.478 e. The summed E-state index contributed by atoms with van der Waals surface area (Å²) in [6.45, 7) is 1.74. The molecule has 1 aromatic carbocycles. The van der Waals surface area contributed by atoms with Gasteiger partial charge >= 0.3 is 5.97 Å². The normalized spacial score (nSPS) is 10.2. The van der Waals surface area contributed by atoms with Crippen molar-refractivity contribution in [2.75, 3.05) is 11.9 Å². The number of aryl methyl sites for hydroxylation is 1. The molecule has 0 aliphatic heterocycles. The second kappa shape index (κ2) is 4.97. The van der Waals surface area contributed by atoms with E-state index < -0.39 is 5.97 Å². The maximum Gasteiger partial charge on any atom is 0.337 e. The number of carboxylic acid groups (broad SMARTS) is 1. The smallest absolute Gasteiger partial charge is 0.337 e. The molecule has 19 heavy (non-hydrogen) atoms. The second-order valence-electron chi connectivity index (χ2n) is 4.10. The fraction of sp³-hybridized carbons (Fsp3) is 0.143. The molecule has 1 N–H and O–H groups in total. The number of para-hydroxylation sites is 1. The van der Waals surface area contributed by atoms with E-state index in [9.17, 15) is 9.59 Å². The number of carbonyl (C=O) groups excluding carboxylic acids is 1. The van der Waals surface area contributed by atoms with Gasteiger partial charge in [-0.2, -0.15) is 0 Å². The van der Waals surface area contributed by atoms with E-state index in [2.05, 4.69) is 0 Å². The summed E-state index contributed by atoms with van der Waals surface area (Å²) in [5.41, 5.74) is 0.399. The van der Waals surface area contributed by atoms with Crippen molar-refractivity contribution in [1.29, 1.82) is 0 Å². The molecule has 1 heterocycles. The molecule has 0 spiro atoms. The van der Waals surface area contributed by atoms with Gasteiger partial charge in [0.15, 0.2) is 5.76 Å². The third-order valence-electron chi connectivity index (χ3n) is 2.75. The topological polar surface area (TPSA) is 70.8 Å². The monoisotopic (exact) mass is 259 g/mol. The Labute approximate surface area is 110 Å². The first-order valence-electron chi connectivity index (χ1n) is 5.67. The summed E-state index contributed by atoms with van der Waals surface area (Å²) < 4.78 is 5.25. The molecule has 0 atom stereocenters. The molecule has 2 aromatic rings. The number of benzene rings is 1. The van der Waals surface area contributed by atoms with Gasteiger partial charge in [-0.1, -0.05) is 12.1 Å². The van der Waals surface area contributed by atoms with Crippen molar-refractivity contribution in [3.05, 3.63) is 53.5 Å². The number of hydrogen-bond donors (Lipinski definition) is 1. The SMILES string of the molecule is Cc1ccc(C(=O)N(C)c2ccccc2C(=O)O)o1. The molecule has 0 saturated carbocycles. The summed E-state index contributed by atoms with van der Waals surface area (Å²) in [7, 11) is 1.52. The molecule has 0 aliphatic carbocycles. The van der Waals surface area contributed by atoms with Crippen LogP contribution in [0.15, 0.2) is 40.8 Å². The molecular formula is C14H13NO4. The van der Waals surface area contributed by atoms with E-state index >= 15 is 0 Å². The molecule has 5 nitrogen and oxygen atoms in total. The minimum atomic E-state index is -1.08. The molecule has 0 aliphatic rings. The van der Waals surface area contributed by atoms with Crippen LogP contribution in [0.3, 0.4) is 0 Å². The van der Waals surface area contributed by atoms with Crippen molar-refractivity contribution < 1.29 is 19.1 Å². The first kappa shape index (κ1) is 12.9. The molecule has 0 radical (unpaired) electrons. The number of carboxylic acids is 1. The van der Waals surface area contributed by atoms with Gasteiger partial charge in [0.25, 0.3) is 5.91 Å². The Bertz CT molecular complexity index is 630. The van der Waals surface area contributed by atoms with Gasteiger partial charge < -0.3 is 14.4 Å². The molecular weight excluding hydrogens is 246 g/mol. The average molecular weight is 259 g/mol. The highest BCUT2D eigenvalue weighted by Crippen LogP contribution is 2.21. The summed E-state index contributed by atoms with van der Waals surface area (Å²) >= 11 is 0. The minimum absolute atomic E-state index is 0.0710. The number of carbonyl (C=O) groups is 2. The highest BCUT2D eigenvalue weighted by molar-refractivity contribution is 6.07. The van der Waals surface area contributed by atoms with E-state index in [-0.39, 0.29) is 17.2 Å². The molecule has 0 fully saturated rings. The Morgan fingerprint density at radius 2 is 1.84 bits per heavy atom. The number of nitrogens with zero attached hydrogens (tertiary/aromatic N) is 1. The van der Waals surface area contributed by atoms with E-state index in [1.165, 1.54) is 18.0 Å². The first-order chi connectivity index (χ1) is 9.00. The maximum atomic E-state index is 12.2. The number of anilines is 1. The quantitative estimate of drug-likeness (QED) is 0.919. The van der Waals surface area contributed by atoms with Crippen molar-refractivity contribution in [3.8, 4) is 0 Å². The van der Waals surface area contributed by atoms with Gasteiger partial charge in [0, 0.05) is 7.05 Å². The Hall–Kier alpha value is -2.56. The van der Waals surface area contributed by atoms with Crippen molar-refractivity contribution in [1.82, 2.24) is 0 Å². The third kappa shape index (κ3) is 2.49. The lowest BCUT2D eigenvalue weighted by Gasteiger charge is -2.17. The van der Waals surface area contributed by atoms with Crippen LogP contribution in [-0.4, -0.2) is 24.0 Å². The predicted octanol–water partition coefficient (Wildman–Crippen LogP) is 2.56. The van der Waals surface area contributed by atoms with Crippen LogP contribution in [0, 0.1) is 6.92 Å². The Morgan fingerprint density at radius 3 is 2.42 bits per heavy atom. The Kier molecular flexibility index (Phi) is 3.37. The summed E-state index contributed by atoms with van der Waals surface area (Å²) in [6.07, 6.45) is 0. The molecule has 0 unspecified atom stereocenters. The third-order valence-corrected chi connectivity index (χ3v) is 2.75. The van der Waals surface area contributed by atoms with Gasteiger partial charge in [-0.15, -0.1) is 0 Å². The van der Waals surface area contributed by atoms with Gasteiger partial charge in [-0.3, -0.25) is 4.79 Å². The minimum Gasteiger partial charge on any atom is -0.478 e. The van der Waals surface area contributed by atoms with Crippen molar-refractivity contribution in [3.63, 3.8) is 0 Å². The van der Waals surface area contributed by atoms with Crippen LogP contribution in [0.4, 0.5) is 5.69 Å². The Morgan fingerprint density at radius 1 is 1.16 bits per heavy atom. The Balaban J connectivity index is 2.37. The van der Waals surface area contributed by atoms with Gasteiger partial charge in [-0.25, -0.2) is 4.79 Å². The van der Waals surface area contributed by atoms with Crippen molar-refractivity contribution in [2.24, 2.45) is 0 Å². The highest BCUT2D eigenvalue weighted by Gasteiger charge is 2.21. The van der Waals surface area contributed by atoms with E-state index in [4.69, 9.17) is 9.52 Å². The number of aromatic carboxylic acids is 1. The lowest BCUT2D eigenvalue weighted by molar-refractivity contribution is 0.0697. The molecule has 5 heteroatoms. The zero-order valence-electron chi connectivity index (χ0n) is 10.6. The van der Waals surface area contributed by atoms with Crippen LogP contribution in [0.25, 0.3) is 0 Å². The average Bonchev–Trinajstić information content (AvgIpc) is 2.83. The summed E-state index contributed by atoms with van der Waals surface area (Å²) in [4.78, 5) is 24.6. The summed E-state index contributed by atoms with van der Waals surface area (Å²) in [5, 5.41) is 9.11. The molecule has 2 rings (SSSR count). The molecule has 1 aromatic heterocycles. The van der Waals surface area contributed by atoms with E-state index in [1.54, 1.807) is 37.3 Å². The summed E-state index contributed by atoms with van der Waals surface area (Å²) in [5.74, 6) is -0.656. The van der Waals surface area contributed by atoms with E-state index in [0.29, 0.717) is 11.4 Å². The van der Waals surface area contributed by atoms with Crippen LogP contribution in [0.2, 0.25) is 0 Å². The van der Waals surface area contributed by atoms with Crippen LogP contribution in [0.1, 0.15) is 26.7 Å². The van der Waals surface area contributed by atoms with Crippen LogP contribution < -0.4 is 4.90 Å². The van der Waals surface area contributed by atoms with Crippen molar-refractivity contribution >= 4 is 17.6 Å². The van der Waals surface area contributed by atoms with Crippen molar-refractivity contribution in [2.45, 2.75) is 6.92 Å². The van der Waals surface area contributed by atoms with Crippen LogP contribution in [-0.2, 0) is 0 Å². The molecule has 0 bridgehead atoms. The highest BCUT2D eigenvalue weighted by atomic mass is 16.4. The lowest BCUT2D eigenvalue weighted by atomic mass is 10.1. The predicted molar refractivity (Wildman–Crippen MR) is 69.6 cm³/mol. The molecule has 1 amide bonds. The number of furan rings is 1. The molecule has 98 valence electrons. The summed E-state index contributed by atoms with van der Waals surface area (Å²) in [6, 6.07) is 9.58. The molecule has 0 saturated heterocycles. The number of rotatable bonds is 3. The zero-order chi connectivity index (χ0) is 14.0. The van der Waals surface area contributed by atoms with Gasteiger partial charge in [0.1, 0.15) is 5.76 Å². The van der Waals surface area contributed by atoms with E-state index in [1.807, 2.05) is 0 Å². The standard InChI is InChI=1S/C14H13NO4/c1-9-7-8-12(19-9)13(16)15(2)11-6-4-3-5-10(11)14(17)18/h3-8H,1-2H3,(H,17,18). The fourth-order valence-corrected chi connectivity index (χ4v) is 1.77. The first-order valence-corrected chi connectivity index (χ1v) is 5.67. The zero-order valence-corrected chi connectivity index (χ0v) is 10.6. The van der Waals surface area contributed by atoms with E-state index in [0.717, 1.165) is 0 Å². The lowest BCUT2D eigenvalue weighted by Crippen LogP contribution is -2.27. The van der Waals surface area contributed by atoms with Gasteiger partial charge in [-0.05, 0) is 31.2 Å². The van der Waals surface area contributed by atoms with Crippen LogP contribution in [0.5, 0.6) is 0 Å². The van der Waals surface area contributed by atoms with Crippen LogP contribution >= 0.6 is 0 Å².